The summed E-state index contributed by atoms with van der Waals surface area (Å²) in [7, 11) is 0. The molecule has 154 valence electrons. The molecule has 2 aromatic carbocycles. The number of nitrogens with zero attached hydrogens (tertiary/aromatic N) is 4. The van der Waals surface area contributed by atoms with Gasteiger partial charge in [0.15, 0.2) is 11.4 Å². The molecule has 0 atom stereocenters. The first-order chi connectivity index (χ1) is 15.2. The number of anilines is 1. The number of aryl methyl sites for hydroxylation is 2. The fourth-order valence-electron chi connectivity index (χ4n) is 3.50. The fraction of sp³-hybridized carbons (Fsp3) is 0.160. The maximum absolute atomic E-state index is 5.63. The zero-order chi connectivity index (χ0) is 21.2. The molecule has 0 saturated heterocycles. The monoisotopic (exact) mass is 409 g/mol. The molecule has 6 heteroatoms. The molecule has 0 bridgehead atoms. The lowest BCUT2D eigenvalue weighted by Crippen LogP contribution is -2.07. The Kier molecular flexibility index (Phi) is 4.96. The van der Waals surface area contributed by atoms with Crippen molar-refractivity contribution in [3.8, 4) is 11.5 Å². The number of benzene rings is 2. The van der Waals surface area contributed by atoms with E-state index in [0.29, 0.717) is 30.5 Å². The van der Waals surface area contributed by atoms with Crippen LogP contribution < -0.4 is 5.32 Å². The molecule has 0 aliphatic heterocycles. The lowest BCUT2D eigenvalue weighted by atomic mass is 10.1. The second-order valence-electron chi connectivity index (χ2n) is 7.74. The van der Waals surface area contributed by atoms with Gasteiger partial charge in [-0.15, -0.1) is 0 Å². The van der Waals surface area contributed by atoms with Gasteiger partial charge in [-0.05, 0) is 37.1 Å². The quantitative estimate of drug-likeness (QED) is 0.409. The largest absolute Gasteiger partial charge is 0.463 e. The minimum absolute atomic E-state index is 0.546. The van der Waals surface area contributed by atoms with Crippen molar-refractivity contribution in [2.75, 3.05) is 5.32 Å². The van der Waals surface area contributed by atoms with Crippen molar-refractivity contribution >= 4 is 17.1 Å². The summed E-state index contributed by atoms with van der Waals surface area (Å²) >= 11 is 0. The number of nitrogens with one attached hydrogen (secondary N) is 1. The van der Waals surface area contributed by atoms with E-state index in [1.807, 2.05) is 23.0 Å². The third-order valence-electron chi connectivity index (χ3n) is 5.26. The van der Waals surface area contributed by atoms with E-state index in [1.54, 1.807) is 6.26 Å². The molecule has 0 aliphatic rings. The van der Waals surface area contributed by atoms with Crippen LogP contribution in [-0.2, 0) is 13.1 Å². The van der Waals surface area contributed by atoms with Crippen LogP contribution in [0, 0.1) is 13.8 Å². The van der Waals surface area contributed by atoms with Crippen LogP contribution >= 0.6 is 0 Å². The van der Waals surface area contributed by atoms with Crippen molar-refractivity contribution in [2.45, 2.75) is 26.9 Å². The van der Waals surface area contributed by atoms with E-state index in [-0.39, 0.29) is 0 Å². The molecular weight excluding hydrogens is 386 g/mol. The minimum Gasteiger partial charge on any atom is -0.463 e. The van der Waals surface area contributed by atoms with Crippen LogP contribution in [0.25, 0.3) is 22.6 Å². The lowest BCUT2D eigenvalue weighted by molar-refractivity contribution is 0.580. The Morgan fingerprint density at radius 1 is 0.871 bits per heavy atom. The summed E-state index contributed by atoms with van der Waals surface area (Å²) in [6.07, 6.45) is 3.46. The number of furan rings is 1. The Balaban J connectivity index is 1.52. The maximum atomic E-state index is 5.63. The third kappa shape index (κ3) is 4.05. The molecule has 0 aliphatic carbocycles. The van der Waals surface area contributed by atoms with Crippen molar-refractivity contribution < 1.29 is 4.42 Å². The molecular formula is C25H23N5O. The molecule has 0 spiro atoms. The summed E-state index contributed by atoms with van der Waals surface area (Å²) in [4.78, 5) is 14.1. The number of hydrogen-bond acceptors (Lipinski definition) is 5. The fourth-order valence-corrected chi connectivity index (χ4v) is 3.50. The SMILES string of the molecule is Cc1ccc(CNc2nc(-c3ccco3)c3ncn(Cc4ccc(C)cc4)c3n2)cc1. The zero-order valence-corrected chi connectivity index (χ0v) is 17.5. The van der Waals surface area contributed by atoms with Gasteiger partial charge in [0.25, 0.3) is 0 Å². The lowest BCUT2D eigenvalue weighted by Gasteiger charge is -2.09. The normalized spacial score (nSPS) is 11.2. The first-order valence-corrected chi connectivity index (χ1v) is 10.3. The smallest absolute Gasteiger partial charge is 0.225 e. The molecule has 1 N–H and O–H groups in total. The summed E-state index contributed by atoms with van der Waals surface area (Å²) in [5, 5.41) is 3.36. The van der Waals surface area contributed by atoms with Gasteiger partial charge in [0.2, 0.25) is 5.95 Å². The predicted molar refractivity (Wildman–Crippen MR) is 122 cm³/mol. The molecule has 5 aromatic rings. The van der Waals surface area contributed by atoms with E-state index in [9.17, 15) is 0 Å². The highest BCUT2D eigenvalue weighted by Crippen LogP contribution is 2.27. The highest BCUT2D eigenvalue weighted by molar-refractivity contribution is 5.86. The number of fused-ring (bicyclic) bond motifs is 1. The molecule has 0 radical (unpaired) electrons. The van der Waals surface area contributed by atoms with Gasteiger partial charge in [-0.2, -0.15) is 4.98 Å². The molecule has 0 fully saturated rings. The molecule has 6 nitrogen and oxygen atoms in total. The van der Waals surface area contributed by atoms with Crippen LogP contribution in [-0.4, -0.2) is 19.5 Å². The van der Waals surface area contributed by atoms with Crippen LogP contribution in [0.3, 0.4) is 0 Å². The summed E-state index contributed by atoms with van der Waals surface area (Å²) in [5.41, 5.74) is 7.02. The van der Waals surface area contributed by atoms with Crippen molar-refractivity contribution in [1.29, 1.82) is 0 Å². The van der Waals surface area contributed by atoms with E-state index in [0.717, 1.165) is 11.2 Å². The zero-order valence-electron chi connectivity index (χ0n) is 17.5. The highest BCUT2D eigenvalue weighted by atomic mass is 16.3. The Morgan fingerprint density at radius 2 is 1.58 bits per heavy atom. The van der Waals surface area contributed by atoms with Gasteiger partial charge in [0.05, 0.1) is 19.1 Å². The number of rotatable bonds is 6. The Hall–Kier alpha value is -3.93. The molecule has 3 heterocycles. The van der Waals surface area contributed by atoms with E-state index in [2.05, 4.69) is 72.7 Å². The minimum atomic E-state index is 0.546. The van der Waals surface area contributed by atoms with Gasteiger partial charge < -0.3 is 14.3 Å². The van der Waals surface area contributed by atoms with Gasteiger partial charge in [-0.1, -0.05) is 59.7 Å². The predicted octanol–water partition coefficient (Wildman–Crippen LogP) is 5.36. The standard InChI is InChI=1S/C25H23N5O/c1-17-5-9-19(10-6-17)14-26-25-28-22(21-4-3-13-31-21)23-24(29-25)30(16-27-23)15-20-11-7-18(2)8-12-20/h3-13,16H,14-15H2,1-2H3,(H,26,28,29). The first-order valence-electron chi connectivity index (χ1n) is 10.3. The van der Waals surface area contributed by atoms with E-state index < -0.39 is 0 Å². The summed E-state index contributed by atoms with van der Waals surface area (Å²) in [6, 6.07) is 20.7. The molecule has 31 heavy (non-hydrogen) atoms. The Morgan fingerprint density at radius 3 is 2.26 bits per heavy atom. The topological polar surface area (TPSA) is 68.8 Å². The van der Waals surface area contributed by atoms with Crippen LogP contribution in [0.4, 0.5) is 5.95 Å². The van der Waals surface area contributed by atoms with E-state index >= 15 is 0 Å². The average Bonchev–Trinajstić information content (AvgIpc) is 3.45. The molecule has 3 aromatic heterocycles. The van der Waals surface area contributed by atoms with Gasteiger partial charge in [-0.3, -0.25) is 0 Å². The molecule has 5 rings (SSSR count). The highest BCUT2D eigenvalue weighted by Gasteiger charge is 2.17. The molecule has 0 saturated carbocycles. The second-order valence-corrected chi connectivity index (χ2v) is 7.74. The maximum Gasteiger partial charge on any atom is 0.225 e. The Labute approximate surface area is 180 Å². The first kappa shape index (κ1) is 19.1. The molecule has 0 unspecified atom stereocenters. The third-order valence-corrected chi connectivity index (χ3v) is 5.26. The molecule has 0 amide bonds. The van der Waals surface area contributed by atoms with Gasteiger partial charge in [0, 0.05) is 6.54 Å². The van der Waals surface area contributed by atoms with Gasteiger partial charge >= 0.3 is 0 Å². The van der Waals surface area contributed by atoms with Crippen molar-refractivity contribution in [1.82, 2.24) is 19.5 Å². The number of aromatic nitrogens is 4. The van der Waals surface area contributed by atoms with Crippen molar-refractivity contribution in [3.63, 3.8) is 0 Å². The van der Waals surface area contributed by atoms with Crippen LogP contribution in [0.1, 0.15) is 22.3 Å². The van der Waals surface area contributed by atoms with Crippen LogP contribution in [0.2, 0.25) is 0 Å². The van der Waals surface area contributed by atoms with Gasteiger partial charge in [-0.25, -0.2) is 9.97 Å². The Bertz CT molecular complexity index is 1300. The van der Waals surface area contributed by atoms with E-state index in [4.69, 9.17) is 14.4 Å². The van der Waals surface area contributed by atoms with Crippen LogP contribution in [0.15, 0.2) is 77.7 Å². The summed E-state index contributed by atoms with van der Waals surface area (Å²) in [5.74, 6) is 1.22. The van der Waals surface area contributed by atoms with Crippen molar-refractivity contribution in [3.05, 3.63) is 95.5 Å². The number of hydrogen-bond donors (Lipinski definition) is 1. The van der Waals surface area contributed by atoms with Crippen LogP contribution in [0.5, 0.6) is 0 Å². The second kappa shape index (κ2) is 8.07. The number of imidazole rings is 1. The average molecular weight is 409 g/mol. The summed E-state index contributed by atoms with van der Waals surface area (Å²) in [6.45, 7) is 5.49. The summed E-state index contributed by atoms with van der Waals surface area (Å²) < 4.78 is 7.68. The van der Waals surface area contributed by atoms with Crippen molar-refractivity contribution in [2.24, 2.45) is 0 Å². The van der Waals surface area contributed by atoms with E-state index in [1.165, 1.54) is 22.3 Å². The van der Waals surface area contributed by atoms with Gasteiger partial charge in [0.1, 0.15) is 11.2 Å².